The number of benzene rings is 1. The van der Waals surface area contributed by atoms with Gasteiger partial charge in [0.25, 0.3) is 0 Å². The molecule has 2 rings (SSSR count). The molecule has 0 atom stereocenters. The Kier molecular flexibility index (Phi) is 3.22. The molecule has 0 fully saturated rings. The zero-order chi connectivity index (χ0) is 11.4. The summed E-state index contributed by atoms with van der Waals surface area (Å²) < 4.78 is 0. The van der Waals surface area contributed by atoms with E-state index < -0.39 is 0 Å². The van der Waals surface area contributed by atoms with Gasteiger partial charge in [0.15, 0.2) is 5.82 Å². The number of rotatable bonds is 3. The van der Waals surface area contributed by atoms with Crippen molar-refractivity contribution in [2.24, 2.45) is 0 Å². The number of aromatic nitrogens is 2. The van der Waals surface area contributed by atoms with Crippen molar-refractivity contribution in [3.63, 3.8) is 0 Å². The van der Waals surface area contributed by atoms with Gasteiger partial charge in [0, 0.05) is 17.8 Å². The second-order valence-electron chi connectivity index (χ2n) is 3.17. The summed E-state index contributed by atoms with van der Waals surface area (Å²) >= 11 is 5.88. The summed E-state index contributed by atoms with van der Waals surface area (Å²) in [6, 6.07) is 7.44. The molecule has 4 nitrogen and oxygen atoms in total. The first-order valence-electron chi connectivity index (χ1n) is 4.80. The van der Waals surface area contributed by atoms with Gasteiger partial charge in [0.05, 0.1) is 12.4 Å². The molecule has 0 aliphatic rings. The van der Waals surface area contributed by atoms with Gasteiger partial charge < -0.3 is 10.6 Å². The summed E-state index contributed by atoms with van der Waals surface area (Å²) in [5.41, 5.74) is 0.884. The minimum absolute atomic E-state index is 0.675. The first-order valence-corrected chi connectivity index (χ1v) is 5.18. The molecule has 5 heteroatoms. The van der Waals surface area contributed by atoms with Crippen molar-refractivity contribution in [1.82, 2.24) is 9.97 Å². The molecule has 0 saturated heterocycles. The topological polar surface area (TPSA) is 49.8 Å². The largest absolute Gasteiger partial charge is 0.372 e. The molecular weight excluding hydrogens is 224 g/mol. The first kappa shape index (κ1) is 10.7. The Morgan fingerprint density at radius 2 is 2.00 bits per heavy atom. The minimum atomic E-state index is 0.675. The van der Waals surface area contributed by atoms with Crippen molar-refractivity contribution in [1.29, 1.82) is 0 Å². The van der Waals surface area contributed by atoms with Crippen LogP contribution >= 0.6 is 11.6 Å². The average Bonchev–Trinajstić information content (AvgIpc) is 2.29. The molecule has 2 aromatic rings. The number of hydrogen-bond acceptors (Lipinski definition) is 4. The van der Waals surface area contributed by atoms with Gasteiger partial charge in [-0.3, -0.25) is 4.98 Å². The zero-order valence-electron chi connectivity index (χ0n) is 8.74. The fourth-order valence-electron chi connectivity index (χ4n) is 1.26. The second-order valence-corrected chi connectivity index (χ2v) is 3.61. The number of halogens is 1. The molecule has 0 bridgehead atoms. The molecule has 0 aliphatic carbocycles. The highest BCUT2D eigenvalue weighted by Gasteiger charge is 1.98. The lowest BCUT2D eigenvalue weighted by atomic mass is 10.3. The van der Waals surface area contributed by atoms with E-state index in [0.29, 0.717) is 16.7 Å². The quantitative estimate of drug-likeness (QED) is 0.858. The van der Waals surface area contributed by atoms with Crippen LogP contribution in [-0.2, 0) is 0 Å². The molecule has 1 aromatic carbocycles. The number of nitrogens with zero attached hydrogens (tertiary/aromatic N) is 2. The minimum Gasteiger partial charge on any atom is -0.372 e. The Balaban J connectivity index is 2.20. The van der Waals surface area contributed by atoms with Crippen LogP contribution in [0.3, 0.4) is 0 Å². The second kappa shape index (κ2) is 4.81. The molecule has 2 N–H and O–H groups in total. The first-order chi connectivity index (χ1) is 7.78. The molecule has 82 valence electrons. The van der Waals surface area contributed by atoms with Crippen LogP contribution in [0.15, 0.2) is 36.7 Å². The molecule has 16 heavy (non-hydrogen) atoms. The lowest BCUT2D eigenvalue weighted by Crippen LogP contribution is -1.98. The summed E-state index contributed by atoms with van der Waals surface area (Å²) in [4.78, 5) is 8.34. The normalized spacial score (nSPS) is 9.88. The van der Waals surface area contributed by atoms with E-state index in [-0.39, 0.29) is 0 Å². The fourth-order valence-corrected chi connectivity index (χ4v) is 1.45. The predicted octanol–water partition coefficient (Wildman–Crippen LogP) is 2.92. The van der Waals surface area contributed by atoms with Crippen molar-refractivity contribution in [3.8, 4) is 0 Å². The van der Waals surface area contributed by atoms with Gasteiger partial charge in [-0.15, -0.1) is 0 Å². The molecule has 0 unspecified atom stereocenters. The monoisotopic (exact) mass is 234 g/mol. The van der Waals surface area contributed by atoms with Gasteiger partial charge in [0.2, 0.25) is 0 Å². The Labute approximate surface area is 98.7 Å². The molecular formula is C11H11ClN4. The Bertz CT molecular complexity index is 487. The van der Waals surface area contributed by atoms with Crippen LogP contribution in [0, 0.1) is 0 Å². The molecule has 1 heterocycles. The molecule has 0 saturated carbocycles. The van der Waals surface area contributed by atoms with Crippen LogP contribution in [0.5, 0.6) is 0 Å². The van der Waals surface area contributed by atoms with Crippen LogP contribution < -0.4 is 10.6 Å². The fraction of sp³-hybridized carbons (Fsp3) is 0.0909. The number of anilines is 3. The maximum absolute atomic E-state index is 5.88. The van der Waals surface area contributed by atoms with E-state index in [2.05, 4.69) is 20.6 Å². The van der Waals surface area contributed by atoms with Gasteiger partial charge in [0.1, 0.15) is 5.82 Å². The summed E-state index contributed by atoms with van der Waals surface area (Å²) in [6.45, 7) is 0. The molecule has 1 aromatic heterocycles. The standard InChI is InChI=1S/C11H11ClN4/c1-13-10-6-14-7-11(16-10)15-9-4-2-3-8(12)5-9/h2-7H,1H3,(H2,13,15,16). The van der Waals surface area contributed by atoms with Crippen LogP contribution in [0.25, 0.3) is 0 Å². The van der Waals surface area contributed by atoms with E-state index >= 15 is 0 Å². The SMILES string of the molecule is CNc1cncc(Nc2cccc(Cl)c2)n1. The summed E-state index contributed by atoms with van der Waals surface area (Å²) in [7, 11) is 1.80. The van der Waals surface area contributed by atoms with Crippen LogP contribution in [0.1, 0.15) is 0 Å². The van der Waals surface area contributed by atoms with E-state index in [4.69, 9.17) is 11.6 Å². The van der Waals surface area contributed by atoms with E-state index in [1.807, 2.05) is 24.3 Å². The Morgan fingerprint density at radius 1 is 1.19 bits per heavy atom. The molecule has 0 aliphatic heterocycles. The van der Waals surface area contributed by atoms with Crippen molar-refractivity contribution in [2.75, 3.05) is 17.7 Å². The smallest absolute Gasteiger partial charge is 0.151 e. The van der Waals surface area contributed by atoms with Crippen molar-refractivity contribution >= 4 is 28.9 Å². The van der Waals surface area contributed by atoms with Crippen LogP contribution in [0.4, 0.5) is 17.3 Å². The third-order valence-corrected chi connectivity index (χ3v) is 2.22. The summed E-state index contributed by atoms with van der Waals surface area (Å²) in [6.07, 6.45) is 3.31. The predicted molar refractivity (Wildman–Crippen MR) is 66.3 cm³/mol. The van der Waals surface area contributed by atoms with Gasteiger partial charge in [-0.25, -0.2) is 4.98 Å². The lowest BCUT2D eigenvalue weighted by Gasteiger charge is -2.06. The van der Waals surface area contributed by atoms with Gasteiger partial charge in [-0.2, -0.15) is 0 Å². The van der Waals surface area contributed by atoms with Crippen LogP contribution in [0.2, 0.25) is 5.02 Å². The maximum Gasteiger partial charge on any atom is 0.151 e. The Morgan fingerprint density at radius 3 is 2.75 bits per heavy atom. The van der Waals surface area contributed by atoms with E-state index in [9.17, 15) is 0 Å². The van der Waals surface area contributed by atoms with Crippen LogP contribution in [-0.4, -0.2) is 17.0 Å². The average molecular weight is 235 g/mol. The van der Waals surface area contributed by atoms with E-state index in [1.54, 1.807) is 19.4 Å². The Hall–Kier alpha value is -1.81. The molecule has 0 amide bonds. The number of hydrogen-bond donors (Lipinski definition) is 2. The third kappa shape index (κ3) is 2.61. The lowest BCUT2D eigenvalue weighted by molar-refractivity contribution is 1.18. The van der Waals surface area contributed by atoms with E-state index in [1.165, 1.54) is 0 Å². The highest BCUT2D eigenvalue weighted by molar-refractivity contribution is 6.30. The van der Waals surface area contributed by atoms with Crippen molar-refractivity contribution in [2.45, 2.75) is 0 Å². The summed E-state index contributed by atoms with van der Waals surface area (Å²) in [5, 5.41) is 6.73. The zero-order valence-corrected chi connectivity index (χ0v) is 9.49. The van der Waals surface area contributed by atoms with Gasteiger partial charge >= 0.3 is 0 Å². The molecule has 0 spiro atoms. The number of nitrogens with one attached hydrogen (secondary N) is 2. The maximum atomic E-state index is 5.88. The van der Waals surface area contributed by atoms with Gasteiger partial charge in [-0.1, -0.05) is 17.7 Å². The highest BCUT2D eigenvalue weighted by Crippen LogP contribution is 2.18. The van der Waals surface area contributed by atoms with Gasteiger partial charge in [-0.05, 0) is 18.2 Å². The third-order valence-electron chi connectivity index (χ3n) is 1.99. The highest BCUT2D eigenvalue weighted by atomic mass is 35.5. The molecule has 0 radical (unpaired) electrons. The summed E-state index contributed by atoms with van der Waals surface area (Å²) in [5.74, 6) is 1.39. The van der Waals surface area contributed by atoms with Crippen molar-refractivity contribution < 1.29 is 0 Å². The van der Waals surface area contributed by atoms with E-state index in [0.717, 1.165) is 5.69 Å². The van der Waals surface area contributed by atoms with Crippen molar-refractivity contribution in [3.05, 3.63) is 41.7 Å².